The van der Waals surface area contributed by atoms with E-state index in [9.17, 15) is 0 Å². The third-order valence-corrected chi connectivity index (χ3v) is 4.04. The van der Waals surface area contributed by atoms with E-state index in [4.69, 9.17) is 10.3 Å². The second kappa shape index (κ2) is 5.05. The number of pyridine rings is 1. The van der Waals surface area contributed by atoms with E-state index in [2.05, 4.69) is 22.0 Å². The van der Waals surface area contributed by atoms with Crippen molar-refractivity contribution in [2.45, 2.75) is 20.3 Å². The first-order valence-corrected chi connectivity index (χ1v) is 7.15. The standard InChI is InChI=1S/C14H14N4OS/c1-3-9-7-10(12(15)20-9)14-17-13(18-19-14)11-6-4-5-8(2)16-11/h4-7H,3,15H2,1-2H3. The zero-order chi connectivity index (χ0) is 14.1. The number of hydrogen-bond acceptors (Lipinski definition) is 6. The highest BCUT2D eigenvalue weighted by Crippen LogP contribution is 2.33. The molecule has 0 aliphatic heterocycles. The molecule has 102 valence electrons. The highest BCUT2D eigenvalue weighted by molar-refractivity contribution is 7.16. The molecule has 20 heavy (non-hydrogen) atoms. The minimum atomic E-state index is 0.441. The second-order valence-corrected chi connectivity index (χ2v) is 5.60. The minimum Gasteiger partial charge on any atom is -0.390 e. The number of nitrogens with two attached hydrogens (primary N) is 1. The Labute approximate surface area is 120 Å². The van der Waals surface area contributed by atoms with E-state index in [1.165, 1.54) is 4.88 Å². The molecule has 3 aromatic rings. The maximum absolute atomic E-state index is 6.00. The van der Waals surface area contributed by atoms with Gasteiger partial charge in [-0.15, -0.1) is 11.3 Å². The Kier molecular flexibility index (Phi) is 3.23. The lowest BCUT2D eigenvalue weighted by molar-refractivity contribution is 0.432. The summed E-state index contributed by atoms with van der Waals surface area (Å²) in [6, 6.07) is 7.70. The van der Waals surface area contributed by atoms with Gasteiger partial charge in [0, 0.05) is 10.6 Å². The highest BCUT2D eigenvalue weighted by atomic mass is 32.1. The minimum absolute atomic E-state index is 0.441. The Morgan fingerprint density at radius 2 is 2.15 bits per heavy atom. The molecule has 3 heterocycles. The van der Waals surface area contributed by atoms with Crippen LogP contribution in [0.3, 0.4) is 0 Å². The summed E-state index contributed by atoms with van der Waals surface area (Å²) in [5.41, 5.74) is 8.41. The maximum Gasteiger partial charge on any atom is 0.261 e. The first-order valence-electron chi connectivity index (χ1n) is 6.33. The van der Waals surface area contributed by atoms with E-state index in [-0.39, 0.29) is 0 Å². The van der Waals surface area contributed by atoms with Gasteiger partial charge in [0.2, 0.25) is 5.82 Å². The molecular formula is C14H14N4OS. The monoisotopic (exact) mass is 286 g/mol. The van der Waals surface area contributed by atoms with Gasteiger partial charge in [-0.2, -0.15) is 4.98 Å². The Bertz CT molecular complexity index is 747. The van der Waals surface area contributed by atoms with Gasteiger partial charge in [0.05, 0.1) is 10.6 Å². The number of thiophene rings is 1. The predicted molar refractivity (Wildman–Crippen MR) is 79.4 cm³/mol. The summed E-state index contributed by atoms with van der Waals surface area (Å²) in [6.45, 7) is 4.01. The van der Waals surface area contributed by atoms with Gasteiger partial charge in [-0.05, 0) is 31.5 Å². The molecule has 0 fully saturated rings. The Morgan fingerprint density at radius 3 is 2.85 bits per heavy atom. The molecule has 3 rings (SSSR count). The zero-order valence-electron chi connectivity index (χ0n) is 11.3. The van der Waals surface area contributed by atoms with Crippen molar-refractivity contribution in [1.82, 2.24) is 15.1 Å². The molecule has 0 saturated carbocycles. The summed E-state index contributed by atoms with van der Waals surface area (Å²) in [7, 11) is 0. The predicted octanol–water partition coefficient (Wildman–Crippen LogP) is 3.31. The molecule has 0 spiro atoms. The lowest BCUT2D eigenvalue weighted by Crippen LogP contribution is -1.88. The van der Waals surface area contributed by atoms with Crippen molar-refractivity contribution in [3.05, 3.63) is 34.8 Å². The van der Waals surface area contributed by atoms with E-state index in [0.29, 0.717) is 22.4 Å². The van der Waals surface area contributed by atoms with E-state index in [1.54, 1.807) is 11.3 Å². The summed E-state index contributed by atoms with van der Waals surface area (Å²) in [4.78, 5) is 9.97. The van der Waals surface area contributed by atoms with Gasteiger partial charge < -0.3 is 10.3 Å². The third-order valence-electron chi connectivity index (χ3n) is 2.93. The SMILES string of the molecule is CCc1cc(-c2nc(-c3cccc(C)n3)no2)c(N)s1. The van der Waals surface area contributed by atoms with Crippen LogP contribution in [-0.2, 0) is 6.42 Å². The molecule has 0 saturated heterocycles. The summed E-state index contributed by atoms with van der Waals surface area (Å²) in [6.07, 6.45) is 0.940. The summed E-state index contributed by atoms with van der Waals surface area (Å²) in [5.74, 6) is 0.920. The zero-order valence-corrected chi connectivity index (χ0v) is 12.1. The van der Waals surface area contributed by atoms with Crippen molar-refractivity contribution in [3.63, 3.8) is 0 Å². The van der Waals surface area contributed by atoms with Crippen molar-refractivity contribution in [1.29, 1.82) is 0 Å². The molecule has 2 N–H and O–H groups in total. The fourth-order valence-electron chi connectivity index (χ4n) is 1.90. The fourth-order valence-corrected chi connectivity index (χ4v) is 2.76. The van der Waals surface area contributed by atoms with Gasteiger partial charge in [-0.3, -0.25) is 0 Å². The molecule has 0 aromatic carbocycles. The van der Waals surface area contributed by atoms with E-state index in [1.807, 2.05) is 31.2 Å². The van der Waals surface area contributed by atoms with Gasteiger partial charge >= 0.3 is 0 Å². The van der Waals surface area contributed by atoms with Crippen LogP contribution in [0, 0.1) is 6.92 Å². The largest absolute Gasteiger partial charge is 0.390 e. The van der Waals surface area contributed by atoms with Crippen LogP contribution in [0.5, 0.6) is 0 Å². The van der Waals surface area contributed by atoms with Crippen LogP contribution < -0.4 is 5.73 Å². The van der Waals surface area contributed by atoms with E-state index < -0.39 is 0 Å². The van der Waals surface area contributed by atoms with Crippen molar-refractivity contribution in [3.8, 4) is 23.0 Å². The third kappa shape index (κ3) is 2.30. The molecule has 0 radical (unpaired) electrons. The Morgan fingerprint density at radius 1 is 1.30 bits per heavy atom. The van der Waals surface area contributed by atoms with Crippen molar-refractivity contribution < 1.29 is 4.52 Å². The van der Waals surface area contributed by atoms with Crippen molar-refractivity contribution in [2.24, 2.45) is 0 Å². The first kappa shape index (κ1) is 12.8. The molecule has 0 aliphatic carbocycles. The molecular weight excluding hydrogens is 272 g/mol. The maximum atomic E-state index is 6.00. The molecule has 6 heteroatoms. The lowest BCUT2D eigenvalue weighted by Gasteiger charge is -1.94. The second-order valence-electron chi connectivity index (χ2n) is 4.43. The fraction of sp³-hybridized carbons (Fsp3) is 0.214. The van der Waals surface area contributed by atoms with Gasteiger partial charge in [0.1, 0.15) is 5.69 Å². The van der Waals surface area contributed by atoms with Crippen molar-refractivity contribution in [2.75, 3.05) is 5.73 Å². The van der Waals surface area contributed by atoms with Crippen LogP contribution in [0.25, 0.3) is 23.0 Å². The Balaban J connectivity index is 1.99. The number of nitrogens with zero attached hydrogens (tertiary/aromatic N) is 3. The van der Waals surface area contributed by atoms with Gasteiger partial charge in [0.25, 0.3) is 5.89 Å². The molecule has 0 unspecified atom stereocenters. The number of anilines is 1. The normalized spacial score (nSPS) is 10.9. The average molecular weight is 286 g/mol. The van der Waals surface area contributed by atoms with Crippen LogP contribution in [0.1, 0.15) is 17.5 Å². The molecule has 3 aromatic heterocycles. The number of nitrogen functional groups attached to an aromatic ring is 1. The van der Waals surface area contributed by atoms with E-state index >= 15 is 0 Å². The quantitative estimate of drug-likeness (QED) is 0.799. The molecule has 0 amide bonds. The van der Waals surface area contributed by atoms with Gasteiger partial charge in [-0.1, -0.05) is 18.1 Å². The lowest BCUT2D eigenvalue weighted by atomic mass is 10.2. The Hall–Kier alpha value is -2.21. The molecule has 0 bridgehead atoms. The van der Waals surface area contributed by atoms with Crippen molar-refractivity contribution >= 4 is 16.3 Å². The molecule has 0 atom stereocenters. The first-order chi connectivity index (χ1) is 9.67. The smallest absolute Gasteiger partial charge is 0.261 e. The average Bonchev–Trinajstić information content (AvgIpc) is 3.05. The topological polar surface area (TPSA) is 77.8 Å². The summed E-state index contributed by atoms with van der Waals surface area (Å²) in [5, 5.41) is 4.68. The van der Waals surface area contributed by atoms with Crippen LogP contribution >= 0.6 is 11.3 Å². The summed E-state index contributed by atoms with van der Waals surface area (Å²) >= 11 is 1.55. The molecule has 0 aliphatic rings. The van der Waals surface area contributed by atoms with Crippen LogP contribution in [-0.4, -0.2) is 15.1 Å². The van der Waals surface area contributed by atoms with Crippen LogP contribution in [0.2, 0.25) is 0 Å². The van der Waals surface area contributed by atoms with Crippen LogP contribution in [0.4, 0.5) is 5.00 Å². The summed E-state index contributed by atoms with van der Waals surface area (Å²) < 4.78 is 5.31. The highest BCUT2D eigenvalue weighted by Gasteiger charge is 2.16. The van der Waals surface area contributed by atoms with Gasteiger partial charge in [0.15, 0.2) is 0 Å². The number of hydrogen-bond donors (Lipinski definition) is 1. The van der Waals surface area contributed by atoms with E-state index in [0.717, 1.165) is 17.7 Å². The number of rotatable bonds is 3. The number of aromatic nitrogens is 3. The number of aryl methyl sites for hydroxylation is 2. The van der Waals surface area contributed by atoms with Crippen LogP contribution in [0.15, 0.2) is 28.8 Å². The molecule has 5 nitrogen and oxygen atoms in total. The van der Waals surface area contributed by atoms with Gasteiger partial charge in [-0.25, -0.2) is 4.98 Å².